The summed E-state index contributed by atoms with van der Waals surface area (Å²) >= 11 is 0. The lowest BCUT2D eigenvalue weighted by Crippen LogP contribution is -2.43. The van der Waals surface area contributed by atoms with Gasteiger partial charge in [0.2, 0.25) is 0 Å². The lowest BCUT2D eigenvalue weighted by Gasteiger charge is -2.29. The predicted octanol–water partition coefficient (Wildman–Crippen LogP) is 3.01. The van der Waals surface area contributed by atoms with Gasteiger partial charge >= 0.3 is 0 Å². The Bertz CT molecular complexity index is 1160. The zero-order valence-corrected chi connectivity index (χ0v) is 19.7. The third-order valence-corrected chi connectivity index (χ3v) is 6.25. The smallest absolute Gasteiger partial charge is 0.259 e. The second-order valence-electron chi connectivity index (χ2n) is 8.53. The van der Waals surface area contributed by atoms with E-state index in [9.17, 15) is 9.59 Å². The summed E-state index contributed by atoms with van der Waals surface area (Å²) in [5.74, 6) is 1.00. The molecule has 0 spiro atoms. The Morgan fingerprint density at radius 2 is 1.94 bits per heavy atom. The van der Waals surface area contributed by atoms with E-state index >= 15 is 0 Å². The van der Waals surface area contributed by atoms with E-state index in [4.69, 9.17) is 9.72 Å². The number of fused-ring (bicyclic) bond motifs is 1. The van der Waals surface area contributed by atoms with Gasteiger partial charge in [-0.15, -0.1) is 0 Å². The Morgan fingerprint density at radius 1 is 1.18 bits per heavy atom. The van der Waals surface area contributed by atoms with Crippen LogP contribution in [0.2, 0.25) is 0 Å². The molecule has 33 heavy (non-hydrogen) atoms. The minimum Gasteiger partial charge on any atom is -0.497 e. The van der Waals surface area contributed by atoms with Crippen molar-refractivity contribution in [3.05, 3.63) is 59.4 Å². The van der Waals surface area contributed by atoms with Gasteiger partial charge in [-0.25, -0.2) is 4.98 Å². The molecule has 0 bridgehead atoms. The number of carbonyl (C=O) groups excluding carboxylic acids is 2. The summed E-state index contributed by atoms with van der Waals surface area (Å²) in [6, 6.07) is 10.9. The summed E-state index contributed by atoms with van der Waals surface area (Å²) in [5.41, 5.74) is 2.56. The molecule has 0 saturated carbocycles. The van der Waals surface area contributed by atoms with Crippen LogP contribution in [0.25, 0.3) is 5.65 Å². The van der Waals surface area contributed by atoms with E-state index in [2.05, 4.69) is 17.3 Å². The molecule has 2 aromatic heterocycles. The largest absolute Gasteiger partial charge is 0.497 e. The molecule has 174 valence electrons. The number of methoxy groups -OCH3 is 1. The molecule has 3 heterocycles. The quantitative estimate of drug-likeness (QED) is 0.626. The number of amides is 2. The van der Waals surface area contributed by atoms with Gasteiger partial charge in [-0.05, 0) is 69.7 Å². The normalized spacial score (nSPS) is 14.9. The van der Waals surface area contributed by atoms with E-state index in [1.807, 2.05) is 17.4 Å². The van der Waals surface area contributed by atoms with Crippen molar-refractivity contribution in [2.45, 2.75) is 32.2 Å². The minimum atomic E-state index is -0.174. The molecule has 0 unspecified atom stereocenters. The number of rotatable bonds is 6. The topological polar surface area (TPSA) is 79.2 Å². The number of hydrogen-bond donors (Lipinski definition) is 1. The van der Waals surface area contributed by atoms with Gasteiger partial charge in [-0.1, -0.05) is 13.0 Å². The predicted molar refractivity (Wildman–Crippen MR) is 128 cm³/mol. The van der Waals surface area contributed by atoms with Crippen LogP contribution in [0, 0.1) is 0 Å². The first-order valence-electron chi connectivity index (χ1n) is 11.3. The van der Waals surface area contributed by atoms with Crippen LogP contribution in [0.5, 0.6) is 5.75 Å². The Kier molecular flexibility index (Phi) is 6.65. The third-order valence-electron chi connectivity index (χ3n) is 6.25. The highest BCUT2D eigenvalue weighted by molar-refractivity contribution is 6.06. The van der Waals surface area contributed by atoms with E-state index in [0.717, 1.165) is 31.6 Å². The van der Waals surface area contributed by atoms with Gasteiger partial charge in [0.25, 0.3) is 11.8 Å². The molecule has 1 N–H and O–H groups in total. The standard InChI is InChI=1S/C25H31N5O3/c1-5-21-24(29(3)25(32)17-7-6-8-20(15-17)33-4)30-16-18(9-10-22(30)27-21)23(31)26-19-11-13-28(2)14-12-19/h6-10,15-16,19H,5,11-14H2,1-4H3,(H,26,31). The molecule has 1 aliphatic rings. The summed E-state index contributed by atoms with van der Waals surface area (Å²) in [7, 11) is 5.40. The third kappa shape index (κ3) is 4.71. The summed E-state index contributed by atoms with van der Waals surface area (Å²) in [6.45, 7) is 3.96. The van der Waals surface area contributed by atoms with Crippen LogP contribution in [0.3, 0.4) is 0 Å². The van der Waals surface area contributed by atoms with Crippen LogP contribution in [0.4, 0.5) is 5.82 Å². The van der Waals surface area contributed by atoms with Crippen LogP contribution in [0.1, 0.15) is 46.2 Å². The van der Waals surface area contributed by atoms with Crippen molar-refractivity contribution >= 4 is 23.3 Å². The van der Waals surface area contributed by atoms with Gasteiger partial charge in [0.05, 0.1) is 18.4 Å². The number of aromatic nitrogens is 2. The average Bonchev–Trinajstić information content (AvgIpc) is 3.22. The van der Waals surface area contributed by atoms with E-state index in [-0.39, 0.29) is 17.9 Å². The Morgan fingerprint density at radius 3 is 2.64 bits per heavy atom. The first-order valence-corrected chi connectivity index (χ1v) is 11.3. The lowest BCUT2D eigenvalue weighted by molar-refractivity contribution is 0.0916. The Balaban J connectivity index is 1.64. The average molecular weight is 450 g/mol. The van der Waals surface area contributed by atoms with Crippen molar-refractivity contribution in [2.75, 3.05) is 39.2 Å². The number of nitrogens with one attached hydrogen (secondary N) is 1. The maximum absolute atomic E-state index is 13.3. The molecule has 3 aromatic rings. The highest BCUT2D eigenvalue weighted by Gasteiger charge is 2.23. The summed E-state index contributed by atoms with van der Waals surface area (Å²) in [5, 5.41) is 3.16. The number of imidazole rings is 1. The molecule has 1 saturated heterocycles. The summed E-state index contributed by atoms with van der Waals surface area (Å²) in [6.07, 6.45) is 4.32. The van der Waals surface area contributed by atoms with Gasteiger partial charge in [0.1, 0.15) is 17.2 Å². The number of benzene rings is 1. The van der Waals surface area contributed by atoms with Gasteiger partial charge in [-0.2, -0.15) is 0 Å². The molecular weight excluding hydrogens is 418 g/mol. The number of likely N-dealkylation sites (tertiary alicyclic amines) is 1. The highest BCUT2D eigenvalue weighted by atomic mass is 16.5. The van der Waals surface area contributed by atoms with E-state index in [0.29, 0.717) is 34.8 Å². The first-order chi connectivity index (χ1) is 15.9. The zero-order valence-electron chi connectivity index (χ0n) is 19.7. The van der Waals surface area contributed by atoms with Crippen molar-refractivity contribution in [1.29, 1.82) is 0 Å². The van der Waals surface area contributed by atoms with Crippen molar-refractivity contribution in [2.24, 2.45) is 0 Å². The van der Waals surface area contributed by atoms with Crippen LogP contribution < -0.4 is 15.0 Å². The molecule has 1 fully saturated rings. The fourth-order valence-electron chi connectivity index (χ4n) is 4.28. The van der Waals surface area contributed by atoms with Crippen molar-refractivity contribution in [1.82, 2.24) is 19.6 Å². The molecule has 8 heteroatoms. The minimum absolute atomic E-state index is 0.106. The Hall–Kier alpha value is -3.39. The molecule has 0 atom stereocenters. The molecule has 0 aliphatic carbocycles. The SMILES string of the molecule is CCc1nc2ccc(C(=O)NC3CCN(C)CC3)cn2c1N(C)C(=O)c1cccc(OC)c1. The number of pyridine rings is 1. The first kappa shape index (κ1) is 22.8. The van der Waals surface area contributed by atoms with Gasteiger partial charge in [0.15, 0.2) is 0 Å². The van der Waals surface area contributed by atoms with Crippen LogP contribution in [0.15, 0.2) is 42.6 Å². The molecular formula is C25H31N5O3. The summed E-state index contributed by atoms with van der Waals surface area (Å²) in [4.78, 5) is 34.8. The molecule has 8 nitrogen and oxygen atoms in total. The van der Waals surface area contributed by atoms with Crippen molar-refractivity contribution < 1.29 is 14.3 Å². The fraction of sp³-hybridized carbons (Fsp3) is 0.400. The van der Waals surface area contributed by atoms with Gasteiger partial charge in [-0.3, -0.25) is 18.9 Å². The maximum atomic E-state index is 13.3. The van der Waals surface area contributed by atoms with Crippen LogP contribution >= 0.6 is 0 Å². The van der Waals surface area contributed by atoms with Crippen LogP contribution in [-0.2, 0) is 6.42 Å². The lowest BCUT2D eigenvalue weighted by atomic mass is 10.1. The second-order valence-corrected chi connectivity index (χ2v) is 8.53. The molecule has 4 rings (SSSR count). The van der Waals surface area contributed by atoms with Gasteiger partial charge < -0.3 is 15.0 Å². The van der Waals surface area contributed by atoms with Crippen molar-refractivity contribution in [3.63, 3.8) is 0 Å². The molecule has 1 aliphatic heterocycles. The van der Waals surface area contributed by atoms with E-state index in [1.54, 1.807) is 55.6 Å². The number of nitrogens with zero attached hydrogens (tertiary/aromatic N) is 4. The number of ether oxygens (including phenoxy) is 1. The number of carbonyl (C=O) groups is 2. The summed E-state index contributed by atoms with van der Waals surface area (Å²) < 4.78 is 7.10. The number of piperidine rings is 1. The number of hydrogen-bond acceptors (Lipinski definition) is 5. The Labute approximate surface area is 194 Å². The monoisotopic (exact) mass is 449 g/mol. The van der Waals surface area contributed by atoms with Crippen LogP contribution in [-0.4, -0.2) is 66.4 Å². The number of anilines is 1. The van der Waals surface area contributed by atoms with Crippen molar-refractivity contribution in [3.8, 4) is 5.75 Å². The highest BCUT2D eigenvalue weighted by Crippen LogP contribution is 2.25. The molecule has 1 aromatic carbocycles. The molecule has 0 radical (unpaired) electrons. The number of aryl methyl sites for hydroxylation is 1. The zero-order chi connectivity index (χ0) is 23.5. The molecule has 2 amide bonds. The van der Waals surface area contributed by atoms with Gasteiger partial charge in [0, 0.05) is 24.8 Å². The van der Waals surface area contributed by atoms with E-state index in [1.165, 1.54) is 0 Å². The second kappa shape index (κ2) is 9.62. The fourth-order valence-corrected chi connectivity index (χ4v) is 4.28. The maximum Gasteiger partial charge on any atom is 0.259 e. The van der Waals surface area contributed by atoms with E-state index < -0.39 is 0 Å².